The average Bonchev–Trinajstić information content (AvgIpc) is 2.04. The molecule has 1 aromatic rings. The van der Waals surface area contributed by atoms with Crippen molar-refractivity contribution in [3.63, 3.8) is 0 Å². The van der Waals surface area contributed by atoms with Gasteiger partial charge in [-0.2, -0.15) is 0 Å². The summed E-state index contributed by atoms with van der Waals surface area (Å²) in [4.78, 5) is 4.40. The van der Waals surface area contributed by atoms with Gasteiger partial charge in [0.05, 0.1) is 0 Å². The van der Waals surface area contributed by atoms with Crippen molar-refractivity contribution in [3.8, 4) is 0 Å². The highest BCUT2D eigenvalue weighted by atomic mass is 14.7. The van der Waals surface area contributed by atoms with E-state index in [4.69, 9.17) is 0 Å². The summed E-state index contributed by atoms with van der Waals surface area (Å²) in [6.07, 6.45) is 1.88. The normalized spacial score (nSPS) is 13.4. The van der Waals surface area contributed by atoms with Gasteiger partial charge in [-0.1, -0.05) is 26.8 Å². The fourth-order valence-electron chi connectivity index (χ4n) is 1.29. The van der Waals surface area contributed by atoms with E-state index in [9.17, 15) is 0 Å². The SMILES string of the molecule is Cc1cccnc1C(C)C(C)C. The van der Waals surface area contributed by atoms with Crippen LogP contribution in [0.1, 0.15) is 37.9 Å². The van der Waals surface area contributed by atoms with Gasteiger partial charge in [-0.15, -0.1) is 0 Å². The minimum Gasteiger partial charge on any atom is -0.261 e. The molecule has 0 aliphatic carbocycles. The Hall–Kier alpha value is -0.850. The molecule has 1 heterocycles. The maximum absolute atomic E-state index is 4.40. The predicted octanol–water partition coefficient (Wildman–Crippen LogP) is 3.15. The van der Waals surface area contributed by atoms with Crippen LogP contribution in [0.25, 0.3) is 0 Å². The van der Waals surface area contributed by atoms with Crippen molar-refractivity contribution >= 4 is 0 Å². The van der Waals surface area contributed by atoms with Gasteiger partial charge in [0.25, 0.3) is 0 Å². The summed E-state index contributed by atoms with van der Waals surface area (Å²) in [7, 11) is 0. The molecule has 0 aliphatic heterocycles. The number of hydrogen-bond donors (Lipinski definition) is 0. The summed E-state index contributed by atoms with van der Waals surface area (Å²) in [6.45, 7) is 8.83. The standard InChI is InChI=1S/C11H17N/c1-8(2)10(4)11-9(3)6-5-7-12-11/h5-8,10H,1-4H3. The summed E-state index contributed by atoms with van der Waals surface area (Å²) in [5.41, 5.74) is 2.55. The third kappa shape index (κ3) is 1.84. The van der Waals surface area contributed by atoms with Gasteiger partial charge in [-0.3, -0.25) is 4.98 Å². The Labute approximate surface area is 74.8 Å². The molecule has 1 nitrogen and oxygen atoms in total. The first-order valence-corrected chi connectivity index (χ1v) is 4.54. The molecule has 1 aromatic heterocycles. The zero-order valence-electron chi connectivity index (χ0n) is 8.33. The second kappa shape index (κ2) is 3.70. The van der Waals surface area contributed by atoms with E-state index in [-0.39, 0.29) is 0 Å². The van der Waals surface area contributed by atoms with Crippen LogP contribution < -0.4 is 0 Å². The van der Waals surface area contributed by atoms with Gasteiger partial charge in [0.1, 0.15) is 0 Å². The zero-order chi connectivity index (χ0) is 9.14. The molecule has 1 atom stereocenters. The Morgan fingerprint density at radius 3 is 2.42 bits per heavy atom. The van der Waals surface area contributed by atoms with Gasteiger partial charge in [-0.05, 0) is 24.5 Å². The average molecular weight is 163 g/mol. The first-order valence-electron chi connectivity index (χ1n) is 4.54. The highest BCUT2D eigenvalue weighted by Gasteiger charge is 2.12. The predicted molar refractivity (Wildman–Crippen MR) is 52.2 cm³/mol. The lowest BCUT2D eigenvalue weighted by Crippen LogP contribution is -2.05. The summed E-state index contributed by atoms with van der Waals surface area (Å²) >= 11 is 0. The molecule has 1 heteroatoms. The molecule has 0 saturated carbocycles. The van der Waals surface area contributed by atoms with Crippen LogP contribution in [0.3, 0.4) is 0 Å². The van der Waals surface area contributed by atoms with Crippen LogP contribution in [0.4, 0.5) is 0 Å². The maximum Gasteiger partial charge on any atom is 0.0463 e. The Bertz CT molecular complexity index is 253. The van der Waals surface area contributed by atoms with E-state index in [1.54, 1.807) is 0 Å². The highest BCUT2D eigenvalue weighted by molar-refractivity contribution is 5.21. The van der Waals surface area contributed by atoms with E-state index in [2.05, 4.69) is 38.7 Å². The molecule has 66 valence electrons. The van der Waals surface area contributed by atoms with Crippen LogP contribution in [0.2, 0.25) is 0 Å². The lowest BCUT2D eigenvalue weighted by atomic mass is 9.92. The summed E-state index contributed by atoms with van der Waals surface area (Å²) in [6, 6.07) is 4.12. The Morgan fingerprint density at radius 1 is 1.25 bits per heavy atom. The van der Waals surface area contributed by atoms with Gasteiger partial charge in [0.2, 0.25) is 0 Å². The van der Waals surface area contributed by atoms with E-state index in [0.29, 0.717) is 11.8 Å². The lowest BCUT2D eigenvalue weighted by Gasteiger charge is -2.16. The number of pyridine rings is 1. The van der Waals surface area contributed by atoms with Crippen LogP contribution in [0, 0.1) is 12.8 Å². The second-order valence-corrected chi connectivity index (χ2v) is 3.74. The molecule has 0 spiro atoms. The molecular formula is C11H17N. The Kier molecular flexibility index (Phi) is 2.85. The molecule has 1 rings (SSSR count). The maximum atomic E-state index is 4.40. The number of rotatable bonds is 2. The van der Waals surface area contributed by atoms with Crippen LogP contribution in [-0.4, -0.2) is 4.98 Å². The summed E-state index contributed by atoms with van der Waals surface area (Å²) in [5.74, 6) is 1.23. The molecule has 0 aliphatic rings. The van der Waals surface area contributed by atoms with Crippen LogP contribution in [0.5, 0.6) is 0 Å². The number of hydrogen-bond acceptors (Lipinski definition) is 1. The smallest absolute Gasteiger partial charge is 0.0463 e. The third-order valence-electron chi connectivity index (χ3n) is 2.48. The summed E-state index contributed by atoms with van der Waals surface area (Å²) < 4.78 is 0. The van der Waals surface area contributed by atoms with Gasteiger partial charge in [0, 0.05) is 17.8 Å². The molecule has 0 radical (unpaired) electrons. The fraction of sp³-hybridized carbons (Fsp3) is 0.545. The van der Waals surface area contributed by atoms with E-state index < -0.39 is 0 Å². The topological polar surface area (TPSA) is 12.9 Å². The monoisotopic (exact) mass is 163 g/mol. The first-order chi connectivity index (χ1) is 5.63. The van der Waals surface area contributed by atoms with Crippen molar-refractivity contribution < 1.29 is 0 Å². The van der Waals surface area contributed by atoms with Crippen molar-refractivity contribution in [2.45, 2.75) is 33.6 Å². The highest BCUT2D eigenvalue weighted by Crippen LogP contribution is 2.23. The largest absolute Gasteiger partial charge is 0.261 e. The van der Waals surface area contributed by atoms with E-state index in [0.717, 1.165) is 0 Å². The van der Waals surface area contributed by atoms with Crippen molar-refractivity contribution in [1.82, 2.24) is 4.98 Å². The van der Waals surface area contributed by atoms with Crippen LogP contribution in [0.15, 0.2) is 18.3 Å². The molecule has 0 bridgehead atoms. The minimum absolute atomic E-state index is 0.561. The van der Waals surface area contributed by atoms with Gasteiger partial charge < -0.3 is 0 Å². The third-order valence-corrected chi connectivity index (χ3v) is 2.48. The minimum atomic E-state index is 0.561. The van der Waals surface area contributed by atoms with E-state index in [1.807, 2.05) is 12.3 Å². The van der Waals surface area contributed by atoms with Crippen molar-refractivity contribution in [2.24, 2.45) is 5.92 Å². The molecule has 0 N–H and O–H groups in total. The molecular weight excluding hydrogens is 146 g/mol. The Balaban J connectivity index is 2.94. The van der Waals surface area contributed by atoms with Gasteiger partial charge in [0.15, 0.2) is 0 Å². The van der Waals surface area contributed by atoms with Crippen LogP contribution >= 0.6 is 0 Å². The fourth-order valence-corrected chi connectivity index (χ4v) is 1.29. The second-order valence-electron chi connectivity index (χ2n) is 3.74. The number of nitrogens with zero attached hydrogens (tertiary/aromatic N) is 1. The van der Waals surface area contributed by atoms with E-state index in [1.165, 1.54) is 11.3 Å². The molecule has 12 heavy (non-hydrogen) atoms. The quantitative estimate of drug-likeness (QED) is 0.652. The molecule has 0 amide bonds. The van der Waals surface area contributed by atoms with Gasteiger partial charge in [-0.25, -0.2) is 0 Å². The van der Waals surface area contributed by atoms with Gasteiger partial charge >= 0.3 is 0 Å². The zero-order valence-corrected chi connectivity index (χ0v) is 8.33. The lowest BCUT2D eigenvalue weighted by molar-refractivity contribution is 0.521. The molecule has 0 saturated heterocycles. The van der Waals surface area contributed by atoms with Crippen molar-refractivity contribution in [1.29, 1.82) is 0 Å². The number of aromatic nitrogens is 1. The van der Waals surface area contributed by atoms with E-state index >= 15 is 0 Å². The van der Waals surface area contributed by atoms with Crippen LogP contribution in [-0.2, 0) is 0 Å². The molecule has 0 fully saturated rings. The van der Waals surface area contributed by atoms with Crippen molar-refractivity contribution in [2.75, 3.05) is 0 Å². The molecule has 0 aromatic carbocycles. The number of aryl methyl sites for hydroxylation is 1. The first kappa shape index (κ1) is 9.24. The molecule has 1 unspecified atom stereocenters. The summed E-state index contributed by atoms with van der Waals surface area (Å²) in [5, 5.41) is 0. The Morgan fingerprint density at radius 2 is 1.92 bits per heavy atom. The van der Waals surface area contributed by atoms with Crippen molar-refractivity contribution in [3.05, 3.63) is 29.6 Å².